The molecule has 2 saturated heterocycles. The summed E-state index contributed by atoms with van der Waals surface area (Å²) in [6.45, 7) is 9.72. The number of aromatic amines is 1. The second kappa shape index (κ2) is 44.7. The second-order valence-corrected chi connectivity index (χ2v) is 47.8. The molecule has 30 rings (SSSR count). The topological polar surface area (TPSA) is 134 Å². The van der Waals surface area contributed by atoms with Gasteiger partial charge in [-0.1, -0.05) is 309 Å². The van der Waals surface area contributed by atoms with Gasteiger partial charge in [-0.2, -0.15) is 6.42 Å². The summed E-state index contributed by atoms with van der Waals surface area (Å²) in [6.07, 6.45) is 7.39. The number of H-pyrrole nitrogens is 1. The number of furan rings is 3. The Morgan fingerprint density at radius 1 is 0.322 bits per heavy atom. The van der Waals surface area contributed by atoms with Crippen molar-refractivity contribution in [2.75, 3.05) is 26.4 Å². The van der Waals surface area contributed by atoms with Crippen molar-refractivity contribution in [2.45, 2.75) is 52.9 Å². The average Bonchev–Trinajstić information content (AvgIpc) is 1.06. The van der Waals surface area contributed by atoms with Gasteiger partial charge in [0.25, 0.3) is 0 Å². The molecule has 11 heterocycles. The first-order chi connectivity index (χ1) is 72.3. The summed E-state index contributed by atoms with van der Waals surface area (Å²) < 4.78 is 72.5. The molecule has 149 heavy (non-hydrogen) atoms. The maximum atomic E-state index is 6.91. The van der Waals surface area contributed by atoms with Crippen LogP contribution in [0.3, 0.4) is 0 Å². The summed E-state index contributed by atoms with van der Waals surface area (Å²) in [5.74, 6) is 9.26. The molecule has 0 spiro atoms. The molecule has 6 aliphatic heterocycles. The molecule has 6 aliphatic rings. The molecule has 0 amide bonds. The van der Waals surface area contributed by atoms with Crippen molar-refractivity contribution >= 4 is 254 Å². The van der Waals surface area contributed by atoms with Crippen molar-refractivity contribution in [1.82, 2.24) is 9.55 Å². The maximum absolute atomic E-state index is 6.91. The summed E-state index contributed by atoms with van der Waals surface area (Å²) >= 11 is 26.7. The molecule has 22 heteroatoms. The standard InChI is InChI=1S/C42H25NO3Si.C30H17ClO3Si.C18H10Br3ClO2.C12H7BrO.C12H9N.2C4H8O.C4H9.CH4.Li.H2/c1-4-14-32-28(11-1)29-12-2-5-15-33(29)43(32)26-23-38-42-39(24-26)46-37-18-8-10-20-41(37)47(42,40-19-9-7-17-36(40)45-38)27-21-22-35-31(25-27)30-13-3-6-16-34(30)44-35;31-18-15-26-30-27(16-18)34-25-10-4-6-12-29(25)35(30,28-11-5-3-9-24(28)33-26)19-13-14-23-21(17-19)20-7-1-2-8-22(20)32-23;19-12-5-1-3-7-14(12)23-16-9-11(22)10-17(18(16)21)24-15-8-4-2-6-13(15)20;13-8-5-6-12-10(7-8)9-3-1-2-4-11(9)14-12;1-3-7-11-9(5-1)10-6-2-4-8-12(10)13-11;2*1-2-4-5-3-1;1-3-4-2;;;/h1-25H;1-17H;1-10H;1-7H;1-8,13H;2*1-4H2;1,3-4H2,2H3;1H4;;1H/q;;;;;;;-1;;+1;. The number of nitrogens with zero attached hydrogens (tertiary/aromatic N) is 1. The van der Waals surface area contributed by atoms with Gasteiger partial charge in [0.2, 0.25) is 0 Å². The third kappa shape index (κ3) is 19.5. The molecule has 0 bridgehead atoms. The molecule has 0 saturated carbocycles. The molecule has 734 valence electrons. The van der Waals surface area contributed by atoms with Crippen LogP contribution in [0.15, 0.2) is 438 Å². The van der Waals surface area contributed by atoms with Crippen molar-refractivity contribution in [1.29, 1.82) is 0 Å². The van der Waals surface area contributed by atoms with E-state index in [1.165, 1.54) is 101 Å². The number of nitrogens with one attached hydrogen (secondary N) is 1. The molecular weight excluding hydrogens is 2180 g/mol. The van der Waals surface area contributed by atoms with Crippen molar-refractivity contribution in [3.63, 3.8) is 0 Å². The SMILES string of the molecule is Brc1ccc2oc3ccccc3c2c1.C.C1CCOC1.C1CCOC1.Clc1cc(Oc2ccccc2Br)c(Br)c(Oc2ccccc2Br)c1.Clc1cc2c3c(c1)Oc1ccccc1[Si]3(c1ccc3oc4ccccc4c3c1)c1ccccc1O2.[CH2-]CCC.[HH].[Li+].c1ccc2c(c1)Oc1cc(-n3c4ccccc4c4ccccc43)cc3c1[Si]2(c1ccc2oc4ccccc4c2c1)c1ccccc1O3.c1ccc2c(c1)[nH]c1ccccc12. The van der Waals surface area contributed by atoms with E-state index in [0.29, 0.717) is 37.5 Å². The third-order valence-corrected chi connectivity index (χ3v) is 39.9. The zero-order valence-corrected chi connectivity index (χ0v) is 90.5. The number of hydrogen-bond acceptors (Lipinski definition) is 11. The van der Waals surface area contributed by atoms with Crippen LogP contribution in [0.25, 0.3) is 115 Å². The van der Waals surface area contributed by atoms with Crippen molar-refractivity contribution < 1.29 is 71.4 Å². The molecule has 2 fully saturated rings. The summed E-state index contributed by atoms with van der Waals surface area (Å²) in [7, 11) is -5.75. The van der Waals surface area contributed by atoms with E-state index < -0.39 is 16.1 Å². The molecule has 24 aromatic rings. The first kappa shape index (κ1) is 101. The van der Waals surface area contributed by atoms with Crippen LogP contribution in [-0.2, 0) is 9.47 Å². The van der Waals surface area contributed by atoms with Crippen LogP contribution >= 0.6 is 86.9 Å². The van der Waals surface area contributed by atoms with Gasteiger partial charge in [0.05, 0.1) is 25.7 Å². The first-order valence-electron chi connectivity index (χ1n) is 49.0. The van der Waals surface area contributed by atoms with E-state index in [9.17, 15) is 0 Å². The van der Waals surface area contributed by atoms with Gasteiger partial charge in [-0.05, 0) is 238 Å². The van der Waals surface area contributed by atoms with E-state index >= 15 is 0 Å². The van der Waals surface area contributed by atoms with Gasteiger partial charge in [0.15, 0.2) is 16.1 Å². The number of halogens is 6. The van der Waals surface area contributed by atoms with E-state index in [-0.39, 0.29) is 27.7 Å². The Balaban J connectivity index is 0.000000116. The van der Waals surface area contributed by atoms with Crippen LogP contribution in [0.2, 0.25) is 10.0 Å². The van der Waals surface area contributed by atoms with Gasteiger partial charge in [-0.15, -0.1) is 0 Å². The van der Waals surface area contributed by atoms with Crippen LogP contribution < -0.4 is 88.8 Å². The number of rotatable bonds is 8. The summed E-state index contributed by atoms with van der Waals surface area (Å²) in [6, 6.07) is 139. The van der Waals surface area contributed by atoms with Crippen molar-refractivity contribution in [3.05, 3.63) is 441 Å². The molecule has 0 atom stereocenters. The molecule has 13 nitrogen and oxygen atoms in total. The normalized spacial score (nSPS) is 13.4. The van der Waals surface area contributed by atoms with E-state index in [0.717, 1.165) is 180 Å². The van der Waals surface area contributed by atoms with Crippen molar-refractivity contribution in [3.8, 4) is 74.7 Å². The zero-order valence-electron chi connectivity index (χ0n) is 80.7. The van der Waals surface area contributed by atoms with E-state index in [1.807, 2.05) is 127 Å². The molecule has 0 aliphatic carbocycles. The Hall–Kier alpha value is -13.6. The predicted molar refractivity (Wildman–Crippen MR) is 628 cm³/mol. The molecule has 0 radical (unpaired) electrons. The second-order valence-electron chi connectivity index (χ2n) is 36.2. The smallest absolute Gasteiger partial charge is 0.457 e. The summed E-state index contributed by atoms with van der Waals surface area (Å²) in [4.78, 5) is 3.38. The summed E-state index contributed by atoms with van der Waals surface area (Å²) in [5, 5.41) is 22.6. The van der Waals surface area contributed by atoms with Crippen LogP contribution in [0.5, 0.6) is 69.0 Å². The monoisotopic (exact) mass is 2280 g/mol. The first-order valence-corrected chi connectivity index (χ1v) is 57.0. The number of para-hydroxylation sites is 13. The van der Waals surface area contributed by atoms with Crippen LogP contribution in [0.1, 0.15) is 54.3 Å². The fourth-order valence-electron chi connectivity index (χ4n) is 20.6. The number of fused-ring (bicyclic) bond motifs is 23. The number of hydrogen-bond donors (Lipinski definition) is 1. The van der Waals surface area contributed by atoms with Crippen LogP contribution in [-0.4, -0.2) is 52.1 Å². The fourth-order valence-corrected chi connectivity index (χ4v) is 32.7. The van der Waals surface area contributed by atoms with E-state index in [2.05, 4.69) is 354 Å². The minimum absolute atomic E-state index is 0. The van der Waals surface area contributed by atoms with Gasteiger partial charge in [0.1, 0.15) is 107 Å². The predicted octanol–water partition coefficient (Wildman–Crippen LogP) is 31.1. The third-order valence-electron chi connectivity index (χ3n) is 27.2. The number of unbranched alkanes of at least 4 members (excludes halogenated alkanes) is 1. The fraction of sp³-hybridized carbons (Fsp3) is 0.0945. The number of benzene rings is 19. The molecule has 19 aromatic carbocycles. The summed E-state index contributed by atoms with van der Waals surface area (Å²) in [5.41, 5.74) is 11.2. The van der Waals surface area contributed by atoms with E-state index in [1.54, 1.807) is 12.1 Å². The van der Waals surface area contributed by atoms with Crippen LogP contribution in [0, 0.1) is 6.92 Å². The van der Waals surface area contributed by atoms with Gasteiger partial charge in [-0.25, -0.2) is 0 Å². The van der Waals surface area contributed by atoms with E-state index in [4.69, 9.17) is 74.3 Å². The molecular formula is C127H99Br4Cl2LiN2O11Si2. The maximum Gasteiger partial charge on any atom is 1.00 e. The molecule has 1 N–H and O–H groups in total. The van der Waals surface area contributed by atoms with Gasteiger partial charge >= 0.3 is 18.9 Å². The van der Waals surface area contributed by atoms with Crippen molar-refractivity contribution in [2.24, 2.45) is 0 Å². The Bertz CT molecular complexity index is 8780. The minimum Gasteiger partial charge on any atom is -0.457 e. The number of ether oxygens (including phenoxy) is 8. The zero-order chi connectivity index (χ0) is 99.6. The Kier molecular flexibility index (Phi) is 30.4. The van der Waals surface area contributed by atoms with Gasteiger partial charge in [-0.3, -0.25) is 0 Å². The Morgan fingerprint density at radius 3 is 1.01 bits per heavy atom. The largest absolute Gasteiger partial charge is 1.00 e. The molecule has 5 aromatic heterocycles. The number of aromatic nitrogens is 2. The van der Waals surface area contributed by atoms with Gasteiger partial charge in [0, 0.05) is 142 Å². The average molecular weight is 2280 g/mol. The Morgan fingerprint density at radius 2 is 0.631 bits per heavy atom. The minimum atomic E-state index is -2.95. The Labute approximate surface area is 921 Å². The van der Waals surface area contributed by atoms with Crippen LogP contribution in [0.4, 0.5) is 0 Å². The quantitative estimate of drug-likeness (QED) is 0.115. The van der Waals surface area contributed by atoms with Gasteiger partial charge < -0.3 is 67.6 Å². The molecule has 0 unspecified atom stereocenters.